The molecule has 8 heteroatoms. The number of rotatable bonds is 8. The standard InChI is InChI=1S/C35H38ClN3O4/c1-35(2)13-11-25(28(21-35)23-7-9-26(36)10-8-23)22-38-15-17-39(18-16-38)30-6-4-5-27(34(40)41)33(30)43-32-19-24-12-14-37-29(24)20-31(32)42-3/h4-10,12,14,19-20,37H,11,13,15-18,21-22H2,1-3H3,(H,40,41). The lowest BCUT2D eigenvalue weighted by Gasteiger charge is -2.39. The van der Waals surface area contributed by atoms with Crippen molar-refractivity contribution in [2.45, 2.75) is 33.1 Å². The fourth-order valence-corrected chi connectivity index (χ4v) is 6.47. The number of hydrogen-bond acceptors (Lipinski definition) is 5. The van der Waals surface area contributed by atoms with Crippen molar-refractivity contribution in [3.63, 3.8) is 0 Å². The first-order valence-electron chi connectivity index (χ1n) is 14.8. The van der Waals surface area contributed by atoms with Gasteiger partial charge in [0.05, 0.1) is 12.8 Å². The van der Waals surface area contributed by atoms with Crippen LogP contribution in [0.25, 0.3) is 16.5 Å². The Morgan fingerprint density at radius 3 is 2.51 bits per heavy atom. The van der Waals surface area contributed by atoms with Gasteiger partial charge in [-0.2, -0.15) is 0 Å². The molecule has 0 saturated carbocycles. The van der Waals surface area contributed by atoms with Crippen LogP contribution in [0.3, 0.4) is 0 Å². The largest absolute Gasteiger partial charge is 0.493 e. The van der Waals surface area contributed by atoms with Gasteiger partial charge in [-0.3, -0.25) is 4.90 Å². The molecule has 2 N–H and O–H groups in total. The van der Waals surface area contributed by atoms with Crippen LogP contribution in [0.1, 0.15) is 49.0 Å². The normalized spacial score (nSPS) is 17.3. The molecule has 0 unspecified atom stereocenters. The van der Waals surface area contributed by atoms with Gasteiger partial charge in [0.25, 0.3) is 0 Å². The van der Waals surface area contributed by atoms with Crippen LogP contribution >= 0.6 is 11.6 Å². The number of ether oxygens (including phenoxy) is 2. The first-order valence-corrected chi connectivity index (χ1v) is 15.2. The second-order valence-corrected chi connectivity index (χ2v) is 12.8. The Balaban J connectivity index is 1.23. The summed E-state index contributed by atoms with van der Waals surface area (Å²) in [5.74, 6) is 0.314. The lowest BCUT2D eigenvalue weighted by Crippen LogP contribution is -2.47. The third-order valence-electron chi connectivity index (χ3n) is 8.78. The van der Waals surface area contributed by atoms with Crippen LogP contribution in [0, 0.1) is 5.41 Å². The number of hydrogen-bond donors (Lipinski definition) is 2. The van der Waals surface area contributed by atoms with Crippen molar-refractivity contribution >= 4 is 39.7 Å². The average molecular weight is 600 g/mol. The van der Waals surface area contributed by atoms with Crippen molar-refractivity contribution in [2.24, 2.45) is 5.41 Å². The van der Waals surface area contributed by atoms with Crippen LogP contribution in [0.4, 0.5) is 5.69 Å². The number of fused-ring (bicyclic) bond motifs is 1. The van der Waals surface area contributed by atoms with E-state index in [4.69, 9.17) is 21.1 Å². The minimum absolute atomic E-state index is 0.124. The molecule has 43 heavy (non-hydrogen) atoms. The monoisotopic (exact) mass is 599 g/mol. The number of allylic oxidation sites excluding steroid dienone is 1. The summed E-state index contributed by atoms with van der Waals surface area (Å²) in [5, 5.41) is 11.8. The predicted molar refractivity (Wildman–Crippen MR) is 173 cm³/mol. The summed E-state index contributed by atoms with van der Waals surface area (Å²) in [4.78, 5) is 20.2. The van der Waals surface area contributed by atoms with Gasteiger partial charge in [-0.25, -0.2) is 4.79 Å². The zero-order valence-electron chi connectivity index (χ0n) is 25.0. The fourth-order valence-electron chi connectivity index (χ4n) is 6.34. The molecule has 2 aliphatic rings. The Kier molecular flexibility index (Phi) is 8.12. The molecule has 0 spiro atoms. The number of carbonyl (C=O) groups is 1. The molecule has 1 aliphatic heterocycles. The first-order chi connectivity index (χ1) is 20.7. The van der Waals surface area contributed by atoms with Crippen molar-refractivity contribution < 1.29 is 19.4 Å². The number of carboxylic acid groups (broad SMARTS) is 1. The Morgan fingerprint density at radius 1 is 1.02 bits per heavy atom. The molecule has 1 fully saturated rings. The van der Waals surface area contributed by atoms with Crippen molar-refractivity contribution in [1.29, 1.82) is 0 Å². The number of para-hydroxylation sites is 1. The van der Waals surface area contributed by atoms with E-state index in [0.29, 0.717) is 17.2 Å². The number of aromatic carboxylic acids is 1. The molecule has 1 saturated heterocycles. The Labute approximate surface area is 257 Å². The molecular formula is C35H38ClN3O4. The molecule has 4 aromatic rings. The molecule has 0 amide bonds. The third kappa shape index (κ3) is 6.24. The highest BCUT2D eigenvalue weighted by Crippen LogP contribution is 2.44. The van der Waals surface area contributed by atoms with E-state index in [-0.39, 0.29) is 11.0 Å². The number of aromatic amines is 1. The smallest absolute Gasteiger partial charge is 0.339 e. The van der Waals surface area contributed by atoms with E-state index in [1.807, 2.05) is 42.6 Å². The van der Waals surface area contributed by atoms with E-state index in [0.717, 1.165) is 67.2 Å². The maximum atomic E-state index is 12.3. The van der Waals surface area contributed by atoms with Crippen molar-refractivity contribution in [1.82, 2.24) is 9.88 Å². The number of nitrogens with one attached hydrogen (secondary N) is 1. The van der Waals surface area contributed by atoms with E-state index < -0.39 is 5.97 Å². The molecule has 1 aromatic heterocycles. The predicted octanol–water partition coefficient (Wildman–Crippen LogP) is 8.11. The maximum absolute atomic E-state index is 12.3. The van der Waals surface area contributed by atoms with Crippen molar-refractivity contribution in [3.05, 3.63) is 88.6 Å². The quantitative estimate of drug-likeness (QED) is 0.213. The van der Waals surface area contributed by atoms with Gasteiger partial charge < -0.3 is 24.5 Å². The molecule has 224 valence electrons. The van der Waals surface area contributed by atoms with Gasteiger partial charge in [0.2, 0.25) is 0 Å². The number of methoxy groups -OCH3 is 1. The Bertz CT molecular complexity index is 1670. The van der Waals surface area contributed by atoms with Gasteiger partial charge in [-0.15, -0.1) is 0 Å². The molecular weight excluding hydrogens is 562 g/mol. The molecule has 0 bridgehead atoms. The van der Waals surface area contributed by atoms with Gasteiger partial charge in [0.15, 0.2) is 17.2 Å². The zero-order chi connectivity index (χ0) is 30.1. The van der Waals surface area contributed by atoms with Gasteiger partial charge in [0, 0.05) is 60.9 Å². The van der Waals surface area contributed by atoms with E-state index in [9.17, 15) is 9.90 Å². The summed E-state index contributed by atoms with van der Waals surface area (Å²) in [7, 11) is 1.58. The number of H-pyrrole nitrogens is 1. The third-order valence-corrected chi connectivity index (χ3v) is 9.03. The molecule has 0 radical (unpaired) electrons. The summed E-state index contributed by atoms with van der Waals surface area (Å²) in [5.41, 5.74) is 6.33. The van der Waals surface area contributed by atoms with Gasteiger partial charge in [-0.05, 0) is 72.2 Å². The molecule has 3 aromatic carbocycles. The number of piperazine rings is 1. The lowest BCUT2D eigenvalue weighted by molar-refractivity contribution is 0.0694. The average Bonchev–Trinajstić information content (AvgIpc) is 3.46. The van der Waals surface area contributed by atoms with E-state index in [2.05, 4.69) is 40.8 Å². The Hall–Kier alpha value is -3.94. The van der Waals surface area contributed by atoms with Crippen LogP contribution < -0.4 is 14.4 Å². The van der Waals surface area contributed by atoms with E-state index in [1.54, 1.807) is 19.2 Å². The number of nitrogens with zero attached hydrogens (tertiary/aromatic N) is 2. The first kappa shape index (κ1) is 29.1. The van der Waals surface area contributed by atoms with Gasteiger partial charge in [0.1, 0.15) is 5.56 Å². The molecule has 1 aliphatic carbocycles. The van der Waals surface area contributed by atoms with Crippen LogP contribution in [0.5, 0.6) is 17.2 Å². The molecule has 2 heterocycles. The van der Waals surface area contributed by atoms with Crippen molar-refractivity contribution in [2.75, 3.05) is 44.7 Å². The van der Waals surface area contributed by atoms with Crippen LogP contribution in [-0.2, 0) is 0 Å². The number of benzene rings is 3. The maximum Gasteiger partial charge on any atom is 0.339 e. The molecule has 0 atom stereocenters. The van der Waals surface area contributed by atoms with Crippen molar-refractivity contribution in [3.8, 4) is 17.2 Å². The van der Waals surface area contributed by atoms with Crippen LogP contribution in [-0.4, -0.2) is 60.8 Å². The fraction of sp³-hybridized carbons (Fsp3) is 0.343. The highest BCUT2D eigenvalue weighted by atomic mass is 35.5. The molecule has 6 rings (SSSR count). The second kappa shape index (κ2) is 12.0. The number of halogens is 1. The number of anilines is 1. The highest BCUT2D eigenvalue weighted by molar-refractivity contribution is 6.30. The minimum atomic E-state index is -1.03. The topological polar surface area (TPSA) is 78.0 Å². The lowest BCUT2D eigenvalue weighted by atomic mass is 9.72. The Morgan fingerprint density at radius 2 is 1.79 bits per heavy atom. The summed E-state index contributed by atoms with van der Waals surface area (Å²) in [6.45, 7) is 8.93. The number of aromatic nitrogens is 1. The SMILES string of the molecule is COc1cc2[nH]ccc2cc1Oc1c(C(=O)O)cccc1N1CCN(CC2=C(c3ccc(Cl)cc3)CC(C)(C)CC2)CC1. The van der Waals surface area contributed by atoms with E-state index in [1.165, 1.54) is 23.1 Å². The van der Waals surface area contributed by atoms with Crippen LogP contribution in [0.2, 0.25) is 5.02 Å². The summed E-state index contributed by atoms with van der Waals surface area (Å²) in [6.07, 6.45) is 5.19. The van der Waals surface area contributed by atoms with Gasteiger partial charge in [-0.1, -0.05) is 49.2 Å². The highest BCUT2D eigenvalue weighted by Gasteiger charge is 2.30. The molecule has 7 nitrogen and oxygen atoms in total. The minimum Gasteiger partial charge on any atom is -0.493 e. The number of carboxylic acids is 1. The summed E-state index contributed by atoms with van der Waals surface area (Å²) < 4.78 is 12.0. The van der Waals surface area contributed by atoms with E-state index >= 15 is 0 Å². The second-order valence-electron chi connectivity index (χ2n) is 12.3. The van der Waals surface area contributed by atoms with Gasteiger partial charge >= 0.3 is 5.97 Å². The summed E-state index contributed by atoms with van der Waals surface area (Å²) in [6, 6.07) is 19.3. The summed E-state index contributed by atoms with van der Waals surface area (Å²) >= 11 is 6.20. The zero-order valence-corrected chi connectivity index (χ0v) is 25.7. The van der Waals surface area contributed by atoms with Crippen LogP contribution in [0.15, 0.2) is 72.4 Å².